The fourth-order valence-corrected chi connectivity index (χ4v) is 2.46. The van der Waals surface area contributed by atoms with Crippen molar-refractivity contribution in [1.29, 1.82) is 0 Å². The maximum Gasteiger partial charge on any atom is 0.0572 e. The molecule has 1 aliphatic heterocycles. The molecule has 94 valence electrons. The average molecular weight is 233 g/mol. The van der Waals surface area contributed by atoms with Crippen molar-refractivity contribution in [2.75, 3.05) is 20.1 Å². The van der Waals surface area contributed by atoms with E-state index in [9.17, 15) is 0 Å². The minimum Gasteiger partial charge on any atom is -0.313 e. The summed E-state index contributed by atoms with van der Waals surface area (Å²) >= 11 is 0. The fourth-order valence-electron chi connectivity index (χ4n) is 2.46. The molecule has 1 unspecified atom stereocenters. The minimum atomic E-state index is 0.665. The van der Waals surface area contributed by atoms with Crippen LogP contribution in [0.2, 0.25) is 0 Å². The Morgan fingerprint density at radius 3 is 3.06 bits per heavy atom. The first kappa shape index (κ1) is 12.5. The summed E-state index contributed by atoms with van der Waals surface area (Å²) in [5.74, 6) is 0. The van der Waals surface area contributed by atoms with Crippen LogP contribution in [0.4, 0.5) is 0 Å². The molecule has 1 fully saturated rings. The van der Waals surface area contributed by atoms with Gasteiger partial charge in [0.25, 0.3) is 0 Å². The molecule has 17 heavy (non-hydrogen) atoms. The molecular weight excluding hydrogens is 210 g/mol. The van der Waals surface area contributed by atoms with Gasteiger partial charge in [0.1, 0.15) is 0 Å². The molecule has 3 heteroatoms. The Bertz CT molecular complexity index is 345. The van der Waals surface area contributed by atoms with Crippen LogP contribution in [0.1, 0.15) is 30.5 Å². The summed E-state index contributed by atoms with van der Waals surface area (Å²) < 4.78 is 0. The molecule has 0 spiro atoms. The Hall–Kier alpha value is -0.930. The van der Waals surface area contributed by atoms with E-state index in [1.807, 2.05) is 12.3 Å². The fraction of sp³-hybridized carbons (Fsp3) is 0.643. The van der Waals surface area contributed by atoms with Crippen molar-refractivity contribution in [3.63, 3.8) is 0 Å². The van der Waals surface area contributed by atoms with Gasteiger partial charge in [0.15, 0.2) is 0 Å². The number of nitrogens with zero attached hydrogens (tertiary/aromatic N) is 2. The van der Waals surface area contributed by atoms with Gasteiger partial charge in [-0.3, -0.25) is 9.88 Å². The monoisotopic (exact) mass is 233 g/mol. The number of pyridine rings is 1. The minimum absolute atomic E-state index is 0.665. The lowest BCUT2D eigenvalue weighted by molar-refractivity contribution is 0.254. The van der Waals surface area contributed by atoms with Gasteiger partial charge in [-0.25, -0.2) is 0 Å². The zero-order chi connectivity index (χ0) is 12.1. The molecule has 1 atom stereocenters. The van der Waals surface area contributed by atoms with Crippen LogP contribution in [-0.4, -0.2) is 36.1 Å². The molecule has 2 heterocycles. The van der Waals surface area contributed by atoms with Gasteiger partial charge in [-0.05, 0) is 45.0 Å². The van der Waals surface area contributed by atoms with Crippen molar-refractivity contribution >= 4 is 0 Å². The number of aromatic nitrogens is 1. The van der Waals surface area contributed by atoms with Crippen LogP contribution in [0.3, 0.4) is 0 Å². The zero-order valence-corrected chi connectivity index (χ0v) is 10.9. The van der Waals surface area contributed by atoms with Crippen molar-refractivity contribution in [3.8, 4) is 0 Å². The van der Waals surface area contributed by atoms with Gasteiger partial charge in [-0.15, -0.1) is 0 Å². The highest BCUT2D eigenvalue weighted by molar-refractivity contribution is 5.17. The van der Waals surface area contributed by atoms with Crippen LogP contribution in [0.5, 0.6) is 0 Å². The van der Waals surface area contributed by atoms with Crippen molar-refractivity contribution in [2.24, 2.45) is 0 Å². The molecule has 1 saturated heterocycles. The molecule has 1 aromatic rings. The van der Waals surface area contributed by atoms with E-state index in [-0.39, 0.29) is 0 Å². The van der Waals surface area contributed by atoms with E-state index < -0.39 is 0 Å². The lowest BCUT2D eigenvalue weighted by Gasteiger charge is -2.28. The third-order valence-electron chi connectivity index (χ3n) is 3.48. The van der Waals surface area contributed by atoms with E-state index >= 15 is 0 Å². The molecule has 2 rings (SSSR count). The smallest absolute Gasteiger partial charge is 0.0572 e. The summed E-state index contributed by atoms with van der Waals surface area (Å²) in [7, 11) is 2.18. The molecule has 0 saturated carbocycles. The Balaban J connectivity index is 1.84. The molecule has 3 nitrogen and oxygen atoms in total. The predicted octanol–water partition coefficient (Wildman–Crippen LogP) is 1.96. The number of piperidine rings is 1. The van der Waals surface area contributed by atoms with Crippen molar-refractivity contribution < 1.29 is 0 Å². The second kappa shape index (κ2) is 6.12. The standard InChI is InChI=1S/C14H23N3/c1-12-6-5-9-16-14(12)11-17(2)10-13-7-3-4-8-15-13/h5-6,9,13,15H,3-4,7-8,10-11H2,1-2H3. The molecule has 0 aromatic carbocycles. The van der Waals surface area contributed by atoms with Crippen LogP contribution in [-0.2, 0) is 6.54 Å². The topological polar surface area (TPSA) is 28.2 Å². The van der Waals surface area contributed by atoms with E-state index in [0.29, 0.717) is 6.04 Å². The summed E-state index contributed by atoms with van der Waals surface area (Å²) in [6, 6.07) is 4.80. The molecule has 1 aliphatic rings. The number of hydrogen-bond donors (Lipinski definition) is 1. The second-order valence-electron chi connectivity index (χ2n) is 5.11. The third-order valence-corrected chi connectivity index (χ3v) is 3.48. The van der Waals surface area contributed by atoms with E-state index in [1.54, 1.807) is 0 Å². The number of nitrogens with one attached hydrogen (secondary N) is 1. The number of hydrogen-bond acceptors (Lipinski definition) is 3. The Labute approximate surface area is 104 Å². The lowest BCUT2D eigenvalue weighted by Crippen LogP contribution is -2.42. The quantitative estimate of drug-likeness (QED) is 0.861. The van der Waals surface area contributed by atoms with Crippen molar-refractivity contribution in [2.45, 2.75) is 38.8 Å². The largest absolute Gasteiger partial charge is 0.313 e. The van der Waals surface area contributed by atoms with Gasteiger partial charge < -0.3 is 5.32 Å². The first-order valence-corrected chi connectivity index (χ1v) is 6.58. The number of likely N-dealkylation sites (N-methyl/N-ethyl adjacent to an activating group) is 1. The normalized spacial score (nSPS) is 20.8. The van der Waals surface area contributed by atoms with Crippen LogP contribution >= 0.6 is 0 Å². The van der Waals surface area contributed by atoms with E-state index in [1.165, 1.54) is 37.1 Å². The average Bonchev–Trinajstić information content (AvgIpc) is 2.33. The summed E-state index contributed by atoms with van der Waals surface area (Å²) in [5.41, 5.74) is 2.49. The van der Waals surface area contributed by atoms with Gasteiger partial charge >= 0.3 is 0 Å². The van der Waals surface area contributed by atoms with Gasteiger partial charge in [0.2, 0.25) is 0 Å². The predicted molar refractivity (Wildman–Crippen MR) is 70.9 cm³/mol. The highest BCUT2D eigenvalue weighted by Gasteiger charge is 2.15. The maximum absolute atomic E-state index is 4.45. The molecule has 1 N–H and O–H groups in total. The van der Waals surface area contributed by atoms with Crippen LogP contribution < -0.4 is 5.32 Å². The van der Waals surface area contributed by atoms with Gasteiger partial charge in [-0.1, -0.05) is 12.5 Å². The highest BCUT2D eigenvalue weighted by atomic mass is 15.1. The summed E-state index contributed by atoms with van der Waals surface area (Å²) in [6.07, 6.45) is 5.90. The lowest BCUT2D eigenvalue weighted by atomic mass is 10.0. The van der Waals surface area contributed by atoms with Crippen LogP contribution in [0, 0.1) is 6.92 Å². The first-order chi connectivity index (χ1) is 8.25. The Kier molecular flexibility index (Phi) is 4.51. The first-order valence-electron chi connectivity index (χ1n) is 6.58. The zero-order valence-electron chi connectivity index (χ0n) is 10.9. The molecule has 0 radical (unpaired) electrons. The number of rotatable bonds is 4. The summed E-state index contributed by atoms with van der Waals surface area (Å²) in [5, 5.41) is 3.59. The Morgan fingerprint density at radius 2 is 2.35 bits per heavy atom. The van der Waals surface area contributed by atoms with E-state index in [2.05, 4.69) is 35.2 Å². The maximum atomic E-state index is 4.45. The van der Waals surface area contributed by atoms with Gasteiger partial charge in [0, 0.05) is 25.3 Å². The SMILES string of the molecule is Cc1cccnc1CN(C)CC1CCCCN1. The third kappa shape index (κ3) is 3.79. The highest BCUT2D eigenvalue weighted by Crippen LogP contribution is 2.10. The van der Waals surface area contributed by atoms with Crippen molar-refractivity contribution in [3.05, 3.63) is 29.6 Å². The van der Waals surface area contributed by atoms with Crippen LogP contribution in [0.15, 0.2) is 18.3 Å². The van der Waals surface area contributed by atoms with Gasteiger partial charge in [0.05, 0.1) is 5.69 Å². The van der Waals surface area contributed by atoms with E-state index in [0.717, 1.165) is 13.1 Å². The summed E-state index contributed by atoms with van der Waals surface area (Å²) in [6.45, 7) is 5.39. The summed E-state index contributed by atoms with van der Waals surface area (Å²) in [4.78, 5) is 6.82. The van der Waals surface area contributed by atoms with Gasteiger partial charge in [-0.2, -0.15) is 0 Å². The second-order valence-corrected chi connectivity index (χ2v) is 5.11. The molecule has 0 amide bonds. The Morgan fingerprint density at radius 1 is 1.47 bits per heavy atom. The molecular formula is C14H23N3. The molecule has 1 aromatic heterocycles. The number of aryl methyl sites for hydroxylation is 1. The van der Waals surface area contributed by atoms with Crippen molar-refractivity contribution in [1.82, 2.24) is 15.2 Å². The molecule has 0 aliphatic carbocycles. The van der Waals surface area contributed by atoms with E-state index in [4.69, 9.17) is 0 Å². The molecule has 0 bridgehead atoms. The van der Waals surface area contributed by atoms with Crippen LogP contribution in [0.25, 0.3) is 0 Å².